The second kappa shape index (κ2) is 7.44. The third-order valence-electron chi connectivity index (χ3n) is 3.15. The van der Waals surface area contributed by atoms with Crippen LogP contribution in [0.25, 0.3) is 0 Å². The summed E-state index contributed by atoms with van der Waals surface area (Å²) >= 11 is 3.73. The fraction of sp³-hybridized carbons (Fsp3) is 0.500. The van der Waals surface area contributed by atoms with E-state index in [1.54, 1.807) is 6.07 Å². The summed E-state index contributed by atoms with van der Waals surface area (Å²) in [6, 6.07) is 4.46. The molecule has 112 valence electrons. The molecule has 3 unspecified atom stereocenters. The maximum Gasteiger partial charge on any atom is 0.231 e. The molecule has 0 aromatic heterocycles. The molecule has 0 amide bonds. The Morgan fingerprint density at radius 2 is 2.40 bits per heavy atom. The minimum Gasteiger partial charge on any atom is -0.372 e. The summed E-state index contributed by atoms with van der Waals surface area (Å²) in [5.74, 6) is -0.538. The summed E-state index contributed by atoms with van der Waals surface area (Å²) in [5, 5.41) is 3.24. The van der Waals surface area contributed by atoms with E-state index in [4.69, 9.17) is 20.9 Å². The first-order valence-corrected chi connectivity index (χ1v) is 7.68. The number of rotatable bonds is 4. The van der Waals surface area contributed by atoms with Gasteiger partial charge in [0.1, 0.15) is 5.82 Å². The Hall–Kier alpha value is -0.570. The molecule has 0 bridgehead atoms. The van der Waals surface area contributed by atoms with Gasteiger partial charge in [0, 0.05) is 25.6 Å². The summed E-state index contributed by atoms with van der Waals surface area (Å²) in [5.41, 5.74) is 0.760. The van der Waals surface area contributed by atoms with Gasteiger partial charge in [-0.1, -0.05) is 17.7 Å². The van der Waals surface area contributed by atoms with E-state index in [0.717, 1.165) is 5.56 Å². The fourth-order valence-corrected chi connectivity index (χ4v) is 2.75. The summed E-state index contributed by atoms with van der Waals surface area (Å²) in [6.07, 6.45) is -0.306. The van der Waals surface area contributed by atoms with Crippen molar-refractivity contribution in [1.82, 2.24) is 10.0 Å². The van der Waals surface area contributed by atoms with Crippen molar-refractivity contribution in [3.8, 4) is 0 Å². The zero-order chi connectivity index (χ0) is 14.5. The van der Waals surface area contributed by atoms with Crippen LogP contribution in [0.5, 0.6) is 0 Å². The summed E-state index contributed by atoms with van der Waals surface area (Å²) < 4.78 is 41.0. The predicted octanol–water partition coefficient (Wildman–Crippen LogP) is 1.48. The highest BCUT2D eigenvalue weighted by molar-refractivity contribution is 7.77. The Labute approximate surface area is 124 Å². The number of benzene rings is 1. The molecule has 0 aliphatic carbocycles. The van der Waals surface area contributed by atoms with Gasteiger partial charge in [0.05, 0.1) is 17.7 Å². The van der Waals surface area contributed by atoms with Crippen LogP contribution in [0.3, 0.4) is 0 Å². The topological polar surface area (TPSA) is 70.6 Å². The van der Waals surface area contributed by atoms with E-state index in [2.05, 4.69) is 10.0 Å². The molecule has 1 aliphatic rings. The molecule has 1 aromatic carbocycles. The lowest BCUT2D eigenvalue weighted by Crippen LogP contribution is -2.34. The maximum atomic E-state index is 13.2. The third-order valence-corrected chi connectivity index (χ3v) is 3.86. The SMILES string of the molecule is O=S(O)NCC1CNCCOC1c1ccc(F)c(Cl)c1. The van der Waals surface area contributed by atoms with Gasteiger partial charge in [0.2, 0.25) is 11.3 Å². The van der Waals surface area contributed by atoms with Gasteiger partial charge < -0.3 is 10.1 Å². The van der Waals surface area contributed by atoms with Crippen molar-refractivity contribution in [2.24, 2.45) is 5.92 Å². The van der Waals surface area contributed by atoms with Crippen LogP contribution in [0.4, 0.5) is 4.39 Å². The first-order valence-electron chi connectivity index (χ1n) is 6.19. The van der Waals surface area contributed by atoms with E-state index in [1.165, 1.54) is 12.1 Å². The van der Waals surface area contributed by atoms with Crippen LogP contribution in [0.15, 0.2) is 18.2 Å². The van der Waals surface area contributed by atoms with Crippen LogP contribution in [0.2, 0.25) is 5.02 Å². The maximum absolute atomic E-state index is 13.2. The minimum absolute atomic E-state index is 0.0424. The number of hydrogen-bond donors (Lipinski definition) is 3. The first kappa shape index (κ1) is 15.8. The Balaban J connectivity index is 2.18. The Kier molecular flexibility index (Phi) is 5.88. The van der Waals surface area contributed by atoms with Crippen molar-refractivity contribution in [2.75, 3.05) is 26.2 Å². The van der Waals surface area contributed by atoms with Crippen LogP contribution >= 0.6 is 11.6 Å². The van der Waals surface area contributed by atoms with Crippen molar-refractivity contribution >= 4 is 22.9 Å². The van der Waals surface area contributed by atoms with Crippen LogP contribution in [0, 0.1) is 11.7 Å². The highest BCUT2D eigenvalue weighted by Gasteiger charge is 2.26. The normalized spacial score (nSPS) is 25.1. The lowest BCUT2D eigenvalue weighted by molar-refractivity contribution is 0.0322. The molecular weight excluding hydrogens is 307 g/mol. The van der Waals surface area contributed by atoms with E-state index in [0.29, 0.717) is 26.2 Å². The average molecular weight is 323 g/mol. The lowest BCUT2D eigenvalue weighted by atomic mass is 9.95. The predicted molar refractivity (Wildman–Crippen MR) is 75.2 cm³/mol. The Morgan fingerprint density at radius 3 is 3.10 bits per heavy atom. The third kappa shape index (κ3) is 4.21. The molecule has 3 N–H and O–H groups in total. The number of hydrogen-bond acceptors (Lipinski definition) is 3. The van der Waals surface area contributed by atoms with Crippen molar-refractivity contribution in [1.29, 1.82) is 0 Å². The van der Waals surface area contributed by atoms with Crippen LogP contribution in [-0.4, -0.2) is 35.0 Å². The molecule has 0 spiro atoms. The van der Waals surface area contributed by atoms with Gasteiger partial charge in [-0.15, -0.1) is 0 Å². The number of ether oxygens (including phenoxy) is 1. The Morgan fingerprint density at radius 1 is 1.60 bits per heavy atom. The smallest absolute Gasteiger partial charge is 0.231 e. The van der Waals surface area contributed by atoms with Crippen molar-refractivity contribution in [3.05, 3.63) is 34.6 Å². The van der Waals surface area contributed by atoms with E-state index >= 15 is 0 Å². The molecule has 1 saturated heterocycles. The van der Waals surface area contributed by atoms with Gasteiger partial charge in [-0.2, -0.15) is 0 Å². The van der Waals surface area contributed by atoms with E-state index in [1.807, 2.05) is 0 Å². The first-order chi connectivity index (χ1) is 9.58. The fourth-order valence-electron chi connectivity index (χ4n) is 2.20. The average Bonchev–Trinajstić information content (AvgIpc) is 2.65. The lowest BCUT2D eigenvalue weighted by Gasteiger charge is -2.25. The minimum atomic E-state index is -2.07. The summed E-state index contributed by atoms with van der Waals surface area (Å²) in [4.78, 5) is 0. The zero-order valence-corrected chi connectivity index (χ0v) is 12.2. The largest absolute Gasteiger partial charge is 0.372 e. The van der Waals surface area contributed by atoms with Gasteiger partial charge in [-0.05, 0) is 17.7 Å². The number of halogens is 2. The van der Waals surface area contributed by atoms with Gasteiger partial charge in [-0.3, -0.25) is 4.55 Å². The standard InChI is InChI=1S/C12H16ClFN2O3S/c13-10-5-8(1-2-11(10)14)12-9(7-16-20(17)18)6-15-3-4-19-12/h1-2,5,9,12,15-16H,3-4,6-7H2,(H,17,18). The molecule has 0 radical (unpaired) electrons. The van der Waals surface area contributed by atoms with Crippen LogP contribution in [0.1, 0.15) is 11.7 Å². The van der Waals surface area contributed by atoms with E-state index < -0.39 is 17.1 Å². The highest BCUT2D eigenvalue weighted by atomic mass is 35.5. The zero-order valence-electron chi connectivity index (χ0n) is 10.6. The molecule has 0 saturated carbocycles. The van der Waals surface area contributed by atoms with Crippen LogP contribution < -0.4 is 10.0 Å². The highest BCUT2D eigenvalue weighted by Crippen LogP contribution is 2.29. The molecule has 8 heteroatoms. The molecule has 1 aromatic rings. The van der Waals surface area contributed by atoms with Gasteiger partial charge >= 0.3 is 0 Å². The van der Waals surface area contributed by atoms with Crippen molar-refractivity contribution in [3.63, 3.8) is 0 Å². The second-order valence-electron chi connectivity index (χ2n) is 4.53. The van der Waals surface area contributed by atoms with Gasteiger partial charge in [0.25, 0.3) is 0 Å². The van der Waals surface area contributed by atoms with Gasteiger partial charge in [0.15, 0.2) is 0 Å². The molecule has 3 atom stereocenters. The van der Waals surface area contributed by atoms with Crippen molar-refractivity contribution < 1.29 is 17.9 Å². The molecule has 20 heavy (non-hydrogen) atoms. The quantitative estimate of drug-likeness (QED) is 0.734. The van der Waals surface area contributed by atoms with Gasteiger partial charge in [-0.25, -0.2) is 13.3 Å². The molecule has 1 fully saturated rings. The van der Waals surface area contributed by atoms with E-state index in [9.17, 15) is 8.60 Å². The molecule has 5 nitrogen and oxygen atoms in total. The molecular formula is C12H16ClFN2O3S. The molecule has 2 rings (SSSR count). The second-order valence-corrected chi connectivity index (χ2v) is 5.72. The summed E-state index contributed by atoms with van der Waals surface area (Å²) in [6.45, 7) is 2.14. The molecule has 1 heterocycles. The monoisotopic (exact) mass is 322 g/mol. The van der Waals surface area contributed by atoms with E-state index in [-0.39, 0.29) is 17.0 Å². The Bertz CT molecular complexity index is 492. The van der Waals surface area contributed by atoms with Crippen molar-refractivity contribution in [2.45, 2.75) is 6.10 Å². The number of nitrogens with one attached hydrogen (secondary N) is 2. The van der Waals surface area contributed by atoms with Crippen LogP contribution in [-0.2, 0) is 16.0 Å². The molecule has 1 aliphatic heterocycles. The summed E-state index contributed by atoms with van der Waals surface area (Å²) in [7, 11) is 0.